The lowest BCUT2D eigenvalue weighted by Gasteiger charge is -2.28. The van der Waals surface area contributed by atoms with Crippen molar-refractivity contribution in [3.63, 3.8) is 0 Å². The van der Waals surface area contributed by atoms with Gasteiger partial charge in [-0.3, -0.25) is 0 Å². The number of hydrogen-bond donors (Lipinski definition) is 0. The zero-order valence-corrected chi connectivity index (χ0v) is 13.2. The van der Waals surface area contributed by atoms with Crippen LogP contribution in [0.2, 0.25) is 0 Å². The second kappa shape index (κ2) is 5.19. The molecule has 0 N–H and O–H groups in total. The molecule has 1 fully saturated rings. The summed E-state index contributed by atoms with van der Waals surface area (Å²) in [5, 5.41) is 0. The Balaban J connectivity index is 1.75. The Morgan fingerprint density at radius 3 is 2.84 bits per heavy atom. The lowest BCUT2D eigenvalue weighted by atomic mass is 10.0. The van der Waals surface area contributed by atoms with Gasteiger partial charge in [0, 0.05) is 17.6 Å². The fourth-order valence-electron chi connectivity index (χ4n) is 2.60. The molecular weight excluding hydrogens is 326 g/mol. The van der Waals surface area contributed by atoms with Crippen molar-refractivity contribution in [3.8, 4) is 0 Å². The molecule has 1 aromatic rings. The molecule has 0 bridgehead atoms. The molecular formula is C14H18BrNO2S. The van der Waals surface area contributed by atoms with E-state index in [1.165, 1.54) is 18.4 Å². The lowest BCUT2D eigenvalue weighted by molar-refractivity contribution is 0.389. The van der Waals surface area contributed by atoms with Crippen LogP contribution in [0.3, 0.4) is 0 Å². The number of sulfonamides is 1. The smallest absolute Gasteiger partial charge is 0.212 e. The van der Waals surface area contributed by atoms with E-state index in [0.29, 0.717) is 24.8 Å². The minimum Gasteiger partial charge on any atom is -0.212 e. The molecule has 1 saturated carbocycles. The highest BCUT2D eigenvalue weighted by molar-refractivity contribution is 9.10. The van der Waals surface area contributed by atoms with Gasteiger partial charge in [-0.15, -0.1) is 0 Å². The first kappa shape index (κ1) is 13.6. The van der Waals surface area contributed by atoms with Crippen LogP contribution in [0.4, 0.5) is 0 Å². The summed E-state index contributed by atoms with van der Waals surface area (Å²) in [5.74, 6) is 0.982. The average molecular weight is 344 g/mol. The second-order valence-electron chi connectivity index (χ2n) is 5.51. The fourth-order valence-corrected chi connectivity index (χ4v) is 4.72. The minimum atomic E-state index is -3.09. The van der Waals surface area contributed by atoms with Crippen molar-refractivity contribution in [2.75, 3.05) is 12.3 Å². The summed E-state index contributed by atoms with van der Waals surface area (Å²) in [4.78, 5) is 0. The standard InChI is InChI=1S/C14H18BrNO2S/c15-14-3-1-2-12-6-8-16(10-13(12)14)19(17,18)9-7-11-4-5-11/h1-3,11H,4-10H2. The van der Waals surface area contributed by atoms with Crippen molar-refractivity contribution in [1.82, 2.24) is 4.31 Å². The molecule has 104 valence electrons. The zero-order valence-electron chi connectivity index (χ0n) is 10.8. The zero-order chi connectivity index (χ0) is 13.5. The van der Waals surface area contributed by atoms with E-state index in [2.05, 4.69) is 22.0 Å². The van der Waals surface area contributed by atoms with Gasteiger partial charge in [0.15, 0.2) is 0 Å². The van der Waals surface area contributed by atoms with E-state index in [-0.39, 0.29) is 0 Å². The van der Waals surface area contributed by atoms with Crippen LogP contribution in [0.25, 0.3) is 0 Å². The third kappa shape index (κ3) is 3.03. The SMILES string of the molecule is O=S(=O)(CCC1CC1)N1CCc2cccc(Br)c2C1. The van der Waals surface area contributed by atoms with Crippen molar-refractivity contribution in [3.05, 3.63) is 33.8 Å². The van der Waals surface area contributed by atoms with E-state index in [9.17, 15) is 8.42 Å². The van der Waals surface area contributed by atoms with Crippen molar-refractivity contribution in [1.29, 1.82) is 0 Å². The number of hydrogen-bond acceptors (Lipinski definition) is 2. The van der Waals surface area contributed by atoms with Gasteiger partial charge in [0.2, 0.25) is 10.0 Å². The molecule has 0 unspecified atom stereocenters. The summed E-state index contributed by atoms with van der Waals surface area (Å²) in [6.07, 6.45) is 4.08. The maximum absolute atomic E-state index is 12.3. The molecule has 1 aliphatic carbocycles. The Morgan fingerprint density at radius 2 is 2.11 bits per heavy atom. The number of fused-ring (bicyclic) bond motifs is 1. The van der Waals surface area contributed by atoms with Crippen molar-refractivity contribution < 1.29 is 8.42 Å². The number of nitrogens with zero attached hydrogens (tertiary/aromatic N) is 1. The first-order chi connectivity index (χ1) is 9.06. The van der Waals surface area contributed by atoms with E-state index < -0.39 is 10.0 Å². The summed E-state index contributed by atoms with van der Waals surface area (Å²) >= 11 is 3.53. The summed E-state index contributed by atoms with van der Waals surface area (Å²) in [7, 11) is -3.09. The fraction of sp³-hybridized carbons (Fsp3) is 0.571. The van der Waals surface area contributed by atoms with Crippen LogP contribution in [-0.2, 0) is 23.0 Å². The molecule has 0 atom stereocenters. The highest BCUT2D eigenvalue weighted by Gasteiger charge is 2.30. The summed E-state index contributed by atoms with van der Waals surface area (Å²) in [6.45, 7) is 1.14. The molecule has 19 heavy (non-hydrogen) atoms. The van der Waals surface area contributed by atoms with Crippen LogP contribution < -0.4 is 0 Å². The monoisotopic (exact) mass is 343 g/mol. The van der Waals surface area contributed by atoms with Crippen LogP contribution in [0.5, 0.6) is 0 Å². The third-order valence-electron chi connectivity index (χ3n) is 4.06. The third-order valence-corrected chi connectivity index (χ3v) is 6.65. The molecule has 1 aliphatic heterocycles. The van der Waals surface area contributed by atoms with Gasteiger partial charge in [-0.05, 0) is 36.0 Å². The van der Waals surface area contributed by atoms with E-state index in [1.807, 2.05) is 12.1 Å². The summed E-state index contributed by atoms with van der Waals surface area (Å²) < 4.78 is 27.4. The van der Waals surface area contributed by atoms with Crippen LogP contribution in [0.15, 0.2) is 22.7 Å². The van der Waals surface area contributed by atoms with Gasteiger partial charge >= 0.3 is 0 Å². The maximum Gasteiger partial charge on any atom is 0.214 e. The van der Waals surface area contributed by atoms with E-state index >= 15 is 0 Å². The van der Waals surface area contributed by atoms with E-state index in [0.717, 1.165) is 22.9 Å². The maximum atomic E-state index is 12.3. The number of halogens is 1. The molecule has 0 radical (unpaired) electrons. The largest absolute Gasteiger partial charge is 0.214 e. The number of benzene rings is 1. The molecule has 0 spiro atoms. The molecule has 2 aliphatic rings. The molecule has 3 rings (SSSR count). The number of rotatable bonds is 4. The van der Waals surface area contributed by atoms with Crippen molar-refractivity contribution in [2.45, 2.75) is 32.2 Å². The normalized spacial score (nSPS) is 20.3. The highest BCUT2D eigenvalue weighted by Crippen LogP contribution is 2.34. The summed E-state index contributed by atoms with van der Waals surface area (Å²) in [5.41, 5.74) is 2.40. The molecule has 3 nitrogen and oxygen atoms in total. The highest BCUT2D eigenvalue weighted by atomic mass is 79.9. The Hall–Kier alpha value is -0.390. The Labute approximate surface area is 123 Å². The summed E-state index contributed by atoms with van der Waals surface area (Å²) in [6, 6.07) is 6.09. The van der Waals surface area contributed by atoms with Crippen LogP contribution in [0, 0.1) is 5.92 Å². The Bertz CT molecular complexity index is 581. The van der Waals surface area contributed by atoms with E-state index in [4.69, 9.17) is 0 Å². The average Bonchev–Trinajstić information content (AvgIpc) is 3.21. The Kier molecular flexibility index (Phi) is 3.71. The van der Waals surface area contributed by atoms with Crippen molar-refractivity contribution >= 4 is 26.0 Å². The van der Waals surface area contributed by atoms with Gasteiger partial charge in [0.25, 0.3) is 0 Å². The van der Waals surface area contributed by atoms with Gasteiger partial charge < -0.3 is 0 Å². The van der Waals surface area contributed by atoms with Gasteiger partial charge in [-0.2, -0.15) is 4.31 Å². The molecule has 1 heterocycles. The first-order valence-corrected chi connectivity index (χ1v) is 9.20. The van der Waals surface area contributed by atoms with Gasteiger partial charge in [-0.1, -0.05) is 40.9 Å². The van der Waals surface area contributed by atoms with Crippen molar-refractivity contribution in [2.24, 2.45) is 5.92 Å². The first-order valence-electron chi connectivity index (χ1n) is 6.80. The quantitative estimate of drug-likeness (QED) is 0.842. The van der Waals surface area contributed by atoms with Crippen LogP contribution in [-0.4, -0.2) is 25.0 Å². The molecule has 0 amide bonds. The minimum absolute atomic E-state index is 0.317. The molecule has 5 heteroatoms. The van der Waals surface area contributed by atoms with E-state index in [1.54, 1.807) is 4.31 Å². The van der Waals surface area contributed by atoms with Crippen LogP contribution >= 0.6 is 15.9 Å². The molecule has 1 aromatic carbocycles. The van der Waals surface area contributed by atoms with Crippen LogP contribution in [0.1, 0.15) is 30.4 Å². The molecule has 0 aromatic heterocycles. The Morgan fingerprint density at radius 1 is 1.32 bits per heavy atom. The molecule has 0 saturated heterocycles. The van der Waals surface area contributed by atoms with Gasteiger partial charge in [0.05, 0.1) is 5.75 Å². The topological polar surface area (TPSA) is 37.4 Å². The predicted molar refractivity (Wildman–Crippen MR) is 79.4 cm³/mol. The van der Waals surface area contributed by atoms with Gasteiger partial charge in [-0.25, -0.2) is 8.42 Å². The van der Waals surface area contributed by atoms with Gasteiger partial charge in [0.1, 0.15) is 0 Å². The predicted octanol–water partition coefficient (Wildman–Crippen LogP) is 2.94. The second-order valence-corrected chi connectivity index (χ2v) is 8.45. The lowest BCUT2D eigenvalue weighted by Crippen LogP contribution is -2.37.